The van der Waals surface area contributed by atoms with Crippen LogP contribution in [0.3, 0.4) is 0 Å². The van der Waals surface area contributed by atoms with E-state index < -0.39 is 17.9 Å². The number of hydrogen-bond acceptors (Lipinski definition) is 5. The highest BCUT2D eigenvalue weighted by Gasteiger charge is 2.59. The lowest BCUT2D eigenvalue weighted by molar-refractivity contribution is -0.150. The van der Waals surface area contributed by atoms with Crippen molar-refractivity contribution in [1.29, 1.82) is 0 Å². The van der Waals surface area contributed by atoms with E-state index in [1.54, 1.807) is 0 Å². The minimum absolute atomic E-state index is 0.184. The Balaban J connectivity index is 2.19. The molecule has 0 spiro atoms. The molecule has 5 heteroatoms. The Labute approximate surface area is 142 Å². The Morgan fingerprint density at radius 1 is 1.12 bits per heavy atom. The van der Waals surface area contributed by atoms with Crippen molar-refractivity contribution < 1.29 is 19.1 Å². The van der Waals surface area contributed by atoms with Gasteiger partial charge in [-0.2, -0.15) is 0 Å². The molecule has 0 radical (unpaired) electrons. The topological polar surface area (TPSA) is 55.8 Å². The molecule has 1 aliphatic carbocycles. The minimum atomic E-state index is -0.581. The monoisotopic (exact) mass is 331 g/mol. The van der Waals surface area contributed by atoms with Gasteiger partial charge < -0.3 is 9.47 Å². The molecular formula is C19H25NO4. The summed E-state index contributed by atoms with van der Waals surface area (Å²) in [4.78, 5) is 27.4. The van der Waals surface area contributed by atoms with Crippen molar-refractivity contribution in [2.45, 2.75) is 51.9 Å². The lowest BCUT2D eigenvalue weighted by atomic mass is 9.71. The summed E-state index contributed by atoms with van der Waals surface area (Å²) in [7, 11) is 1.37. The fourth-order valence-electron chi connectivity index (χ4n) is 4.42. The van der Waals surface area contributed by atoms with Crippen LogP contribution in [0.4, 0.5) is 0 Å². The molecule has 3 rings (SSSR count). The van der Waals surface area contributed by atoms with Gasteiger partial charge in [0.05, 0.1) is 19.1 Å². The zero-order chi connectivity index (χ0) is 17.6. The molecule has 0 unspecified atom stereocenters. The van der Waals surface area contributed by atoms with Gasteiger partial charge in [-0.1, -0.05) is 24.3 Å². The second-order valence-electron chi connectivity index (χ2n) is 7.14. The van der Waals surface area contributed by atoms with E-state index in [0.717, 1.165) is 11.1 Å². The van der Waals surface area contributed by atoms with Crippen molar-refractivity contribution in [3.8, 4) is 0 Å². The molecule has 24 heavy (non-hydrogen) atoms. The molecule has 0 amide bonds. The molecule has 5 nitrogen and oxygen atoms in total. The molecule has 1 aromatic rings. The summed E-state index contributed by atoms with van der Waals surface area (Å²) in [5.41, 5.74) is 2.01. The SMILES string of the molecule is COC(=O)[C@@H]1[C@@H]2C(=O)O[C@H]1c1ccccc1[C@@H]2N(C(C)C)C(C)C. The van der Waals surface area contributed by atoms with Crippen LogP contribution in [-0.4, -0.2) is 36.0 Å². The molecule has 1 aliphatic heterocycles. The third-order valence-corrected chi connectivity index (χ3v) is 5.18. The zero-order valence-electron chi connectivity index (χ0n) is 14.9. The van der Waals surface area contributed by atoms with Gasteiger partial charge in [-0.25, -0.2) is 0 Å². The van der Waals surface area contributed by atoms with E-state index in [2.05, 4.69) is 32.6 Å². The molecule has 1 fully saturated rings. The number of benzene rings is 1. The molecule has 1 aromatic carbocycles. The maximum atomic E-state index is 12.7. The van der Waals surface area contributed by atoms with Crippen LogP contribution in [0.2, 0.25) is 0 Å². The molecule has 0 saturated carbocycles. The van der Waals surface area contributed by atoms with Crippen LogP contribution in [0.15, 0.2) is 24.3 Å². The summed E-state index contributed by atoms with van der Waals surface area (Å²) in [6, 6.07) is 8.18. The van der Waals surface area contributed by atoms with Gasteiger partial charge in [0.1, 0.15) is 12.0 Å². The molecule has 0 N–H and O–H groups in total. The van der Waals surface area contributed by atoms with Crippen LogP contribution in [0.5, 0.6) is 0 Å². The van der Waals surface area contributed by atoms with E-state index in [1.165, 1.54) is 7.11 Å². The minimum Gasteiger partial charge on any atom is -0.469 e. The smallest absolute Gasteiger partial charge is 0.313 e. The third-order valence-electron chi connectivity index (χ3n) is 5.18. The summed E-state index contributed by atoms with van der Waals surface area (Å²) in [6.07, 6.45) is -0.538. The van der Waals surface area contributed by atoms with E-state index in [1.807, 2.05) is 24.3 Å². The Morgan fingerprint density at radius 2 is 1.71 bits per heavy atom. The first kappa shape index (κ1) is 17.0. The van der Waals surface area contributed by atoms with Crippen molar-refractivity contribution in [1.82, 2.24) is 4.90 Å². The predicted molar refractivity (Wildman–Crippen MR) is 89.1 cm³/mol. The number of rotatable bonds is 4. The van der Waals surface area contributed by atoms with Crippen LogP contribution in [0, 0.1) is 11.8 Å². The van der Waals surface area contributed by atoms with Crippen LogP contribution in [0.25, 0.3) is 0 Å². The van der Waals surface area contributed by atoms with Crippen molar-refractivity contribution >= 4 is 11.9 Å². The number of ether oxygens (including phenoxy) is 2. The molecule has 4 atom stereocenters. The highest BCUT2D eigenvalue weighted by molar-refractivity contribution is 5.88. The summed E-state index contributed by atoms with van der Waals surface area (Å²) in [5.74, 6) is -1.78. The highest BCUT2D eigenvalue weighted by Crippen LogP contribution is 2.54. The fourth-order valence-corrected chi connectivity index (χ4v) is 4.42. The quantitative estimate of drug-likeness (QED) is 0.794. The van der Waals surface area contributed by atoms with E-state index in [0.29, 0.717) is 0 Å². The highest BCUT2D eigenvalue weighted by atomic mass is 16.6. The van der Waals surface area contributed by atoms with Gasteiger partial charge in [0.15, 0.2) is 0 Å². The normalized spacial score (nSPS) is 28.2. The zero-order valence-corrected chi connectivity index (χ0v) is 14.9. The maximum absolute atomic E-state index is 12.7. The fraction of sp³-hybridized carbons (Fsp3) is 0.579. The van der Waals surface area contributed by atoms with E-state index in [-0.39, 0.29) is 30.1 Å². The number of fused-ring (bicyclic) bond motifs is 4. The molecule has 130 valence electrons. The largest absolute Gasteiger partial charge is 0.469 e. The number of esters is 2. The predicted octanol–water partition coefficient (Wildman–Crippen LogP) is 2.86. The van der Waals surface area contributed by atoms with Crippen molar-refractivity contribution in [3.63, 3.8) is 0 Å². The van der Waals surface area contributed by atoms with Gasteiger partial charge >= 0.3 is 11.9 Å². The lowest BCUT2D eigenvalue weighted by Gasteiger charge is -2.44. The maximum Gasteiger partial charge on any atom is 0.313 e. The standard InChI is InChI=1S/C19H25NO4/c1-10(2)20(11(3)4)16-12-8-6-7-9-13(12)17-15(18(21)23-5)14(16)19(22)24-17/h6-11,14-17H,1-5H3/t14-,15+,16-,17-/m0/s1. The number of carbonyl (C=O) groups is 2. The second kappa shape index (κ2) is 6.20. The molecule has 2 bridgehead atoms. The van der Waals surface area contributed by atoms with Crippen molar-refractivity contribution in [3.05, 3.63) is 35.4 Å². The second-order valence-corrected chi connectivity index (χ2v) is 7.14. The number of methoxy groups -OCH3 is 1. The summed E-state index contributed by atoms with van der Waals surface area (Å²) >= 11 is 0. The Bertz CT molecular complexity index is 647. The van der Waals surface area contributed by atoms with Crippen molar-refractivity contribution in [2.75, 3.05) is 7.11 Å². The van der Waals surface area contributed by atoms with E-state index >= 15 is 0 Å². The van der Waals surface area contributed by atoms with Crippen molar-refractivity contribution in [2.24, 2.45) is 11.8 Å². The molecule has 1 saturated heterocycles. The summed E-state index contributed by atoms with van der Waals surface area (Å²) < 4.78 is 10.6. The van der Waals surface area contributed by atoms with Gasteiger partial charge in [-0.3, -0.25) is 14.5 Å². The first-order valence-corrected chi connectivity index (χ1v) is 8.53. The lowest BCUT2D eigenvalue weighted by Crippen LogP contribution is -2.48. The number of carbonyl (C=O) groups excluding carboxylic acids is 2. The van der Waals surface area contributed by atoms with Crippen LogP contribution >= 0.6 is 0 Å². The van der Waals surface area contributed by atoms with Gasteiger partial charge in [0.25, 0.3) is 0 Å². The van der Waals surface area contributed by atoms with Gasteiger partial charge in [0, 0.05) is 12.1 Å². The molecular weight excluding hydrogens is 306 g/mol. The first-order chi connectivity index (χ1) is 11.4. The van der Waals surface area contributed by atoms with Crippen LogP contribution < -0.4 is 0 Å². The van der Waals surface area contributed by atoms with Gasteiger partial charge in [-0.05, 0) is 38.8 Å². The van der Waals surface area contributed by atoms with Gasteiger partial charge in [-0.15, -0.1) is 0 Å². The third kappa shape index (κ3) is 2.42. The Kier molecular flexibility index (Phi) is 4.38. The molecule has 1 heterocycles. The van der Waals surface area contributed by atoms with E-state index in [4.69, 9.17) is 9.47 Å². The number of nitrogens with zero attached hydrogens (tertiary/aromatic N) is 1. The van der Waals surface area contributed by atoms with Crippen LogP contribution in [-0.2, 0) is 19.1 Å². The summed E-state index contributed by atoms with van der Waals surface area (Å²) in [6.45, 7) is 8.45. The first-order valence-electron chi connectivity index (χ1n) is 8.53. The van der Waals surface area contributed by atoms with Gasteiger partial charge in [0.2, 0.25) is 0 Å². The Hall–Kier alpha value is -1.88. The Morgan fingerprint density at radius 3 is 2.25 bits per heavy atom. The average molecular weight is 331 g/mol. The molecule has 2 aliphatic rings. The van der Waals surface area contributed by atoms with E-state index in [9.17, 15) is 9.59 Å². The summed E-state index contributed by atoms with van der Waals surface area (Å²) in [5, 5.41) is 0. The van der Waals surface area contributed by atoms with Crippen LogP contribution in [0.1, 0.15) is 51.0 Å². The molecule has 0 aromatic heterocycles. The number of hydrogen-bond donors (Lipinski definition) is 0. The average Bonchev–Trinajstić information content (AvgIpc) is 2.82.